The molecule has 102 valence electrons. The average Bonchev–Trinajstić information content (AvgIpc) is 2.94. The Morgan fingerprint density at radius 2 is 2.05 bits per heavy atom. The summed E-state index contributed by atoms with van der Waals surface area (Å²) in [6.07, 6.45) is 1.86. The molecule has 0 fully saturated rings. The molecule has 0 radical (unpaired) electrons. The second kappa shape index (κ2) is 4.92. The first-order valence-electron chi connectivity index (χ1n) is 6.01. The van der Waals surface area contributed by atoms with E-state index < -0.39 is 0 Å². The fourth-order valence-corrected chi connectivity index (χ4v) is 3.25. The largest absolute Gasteiger partial charge is 0.338 e. The van der Waals surface area contributed by atoms with Crippen molar-refractivity contribution in [3.8, 4) is 0 Å². The molecule has 6 heteroatoms. The van der Waals surface area contributed by atoms with Crippen LogP contribution in [0.1, 0.15) is 10.5 Å². The minimum absolute atomic E-state index is 0.327. The maximum absolute atomic E-state index is 12.4. The third-order valence-corrected chi connectivity index (χ3v) is 4.44. The molecule has 0 aliphatic rings. The number of rotatable bonds is 1. The van der Waals surface area contributed by atoms with Gasteiger partial charge in [-0.2, -0.15) is 4.99 Å². The van der Waals surface area contributed by atoms with Gasteiger partial charge in [-0.1, -0.05) is 29.8 Å². The van der Waals surface area contributed by atoms with Crippen LogP contribution < -0.4 is 4.80 Å². The molecule has 1 aromatic carbocycles. The van der Waals surface area contributed by atoms with E-state index in [4.69, 9.17) is 11.6 Å². The molecular formula is C14H12ClN3OS. The summed E-state index contributed by atoms with van der Waals surface area (Å²) in [5.41, 5.74) is 1.34. The second-order valence-electron chi connectivity index (χ2n) is 4.45. The summed E-state index contributed by atoms with van der Waals surface area (Å²) in [6.45, 7) is 0. The normalized spacial score (nSPS) is 12.2. The van der Waals surface area contributed by atoms with Gasteiger partial charge in [0, 0.05) is 36.6 Å². The number of halogens is 1. The van der Waals surface area contributed by atoms with Gasteiger partial charge in [-0.25, -0.2) is 0 Å². The van der Waals surface area contributed by atoms with E-state index >= 15 is 0 Å². The van der Waals surface area contributed by atoms with Gasteiger partial charge in [-0.05, 0) is 6.07 Å². The molecule has 3 rings (SSSR count). The molecule has 0 saturated carbocycles. The Morgan fingerprint density at radius 3 is 2.70 bits per heavy atom. The predicted octanol–water partition coefficient (Wildman–Crippen LogP) is 2.97. The molecule has 2 heterocycles. The van der Waals surface area contributed by atoms with Gasteiger partial charge in [0.1, 0.15) is 5.69 Å². The van der Waals surface area contributed by atoms with E-state index in [1.165, 1.54) is 11.3 Å². The Kier molecular flexibility index (Phi) is 3.23. The van der Waals surface area contributed by atoms with Crippen molar-refractivity contribution < 1.29 is 4.79 Å². The van der Waals surface area contributed by atoms with Crippen LogP contribution in [0.3, 0.4) is 0 Å². The number of benzene rings is 1. The van der Waals surface area contributed by atoms with E-state index in [2.05, 4.69) is 4.99 Å². The number of aromatic nitrogens is 2. The van der Waals surface area contributed by atoms with Crippen LogP contribution in [-0.4, -0.2) is 15.0 Å². The SMILES string of the molecule is Cn1ccsc1=NC(=O)c1c(Cl)c2ccccc2n1C. The van der Waals surface area contributed by atoms with Gasteiger partial charge in [0.2, 0.25) is 0 Å². The van der Waals surface area contributed by atoms with Crippen LogP contribution in [0.2, 0.25) is 5.02 Å². The van der Waals surface area contributed by atoms with Gasteiger partial charge in [-0.3, -0.25) is 4.79 Å². The van der Waals surface area contributed by atoms with Crippen molar-refractivity contribution in [1.29, 1.82) is 0 Å². The van der Waals surface area contributed by atoms with Crippen LogP contribution in [0.15, 0.2) is 40.8 Å². The molecule has 2 aromatic heterocycles. The topological polar surface area (TPSA) is 39.3 Å². The van der Waals surface area contributed by atoms with Crippen molar-refractivity contribution in [1.82, 2.24) is 9.13 Å². The molecule has 0 spiro atoms. The molecule has 0 aliphatic heterocycles. The summed E-state index contributed by atoms with van der Waals surface area (Å²) < 4.78 is 3.59. The van der Waals surface area contributed by atoms with E-state index in [0.717, 1.165) is 10.9 Å². The smallest absolute Gasteiger partial charge is 0.297 e. The van der Waals surface area contributed by atoms with E-state index in [-0.39, 0.29) is 5.91 Å². The highest BCUT2D eigenvalue weighted by molar-refractivity contribution is 7.07. The van der Waals surface area contributed by atoms with E-state index in [0.29, 0.717) is 15.5 Å². The fraction of sp³-hybridized carbons (Fsp3) is 0.143. The standard InChI is InChI=1S/C14H12ClN3OS/c1-17-7-8-20-14(17)16-13(19)12-11(15)9-5-3-4-6-10(9)18(12)2/h3-8H,1-2H3. The van der Waals surface area contributed by atoms with Crippen LogP contribution in [0.4, 0.5) is 0 Å². The number of carbonyl (C=O) groups is 1. The van der Waals surface area contributed by atoms with Crippen molar-refractivity contribution in [2.24, 2.45) is 19.1 Å². The number of fused-ring (bicyclic) bond motifs is 1. The minimum atomic E-state index is -0.327. The van der Waals surface area contributed by atoms with Gasteiger partial charge in [0.25, 0.3) is 5.91 Å². The zero-order chi connectivity index (χ0) is 14.3. The fourth-order valence-electron chi connectivity index (χ4n) is 2.16. The first kappa shape index (κ1) is 13.1. The number of thiazole rings is 1. The Bertz CT molecular complexity index is 833. The number of aryl methyl sites for hydroxylation is 2. The van der Waals surface area contributed by atoms with Crippen molar-refractivity contribution in [2.45, 2.75) is 0 Å². The second-order valence-corrected chi connectivity index (χ2v) is 5.70. The third kappa shape index (κ3) is 1.99. The average molecular weight is 306 g/mol. The van der Waals surface area contributed by atoms with Crippen molar-refractivity contribution in [3.63, 3.8) is 0 Å². The zero-order valence-corrected chi connectivity index (χ0v) is 12.6. The summed E-state index contributed by atoms with van der Waals surface area (Å²) >= 11 is 7.75. The lowest BCUT2D eigenvalue weighted by Crippen LogP contribution is -2.14. The molecule has 0 aliphatic carbocycles. The molecule has 0 bridgehead atoms. The lowest BCUT2D eigenvalue weighted by Gasteiger charge is -2.00. The first-order valence-corrected chi connectivity index (χ1v) is 7.27. The van der Waals surface area contributed by atoms with Gasteiger partial charge in [0.15, 0.2) is 4.80 Å². The highest BCUT2D eigenvalue weighted by atomic mass is 35.5. The maximum atomic E-state index is 12.4. The molecule has 0 N–H and O–H groups in total. The van der Waals surface area contributed by atoms with Crippen LogP contribution >= 0.6 is 22.9 Å². The number of para-hydroxylation sites is 1. The number of nitrogens with zero attached hydrogens (tertiary/aromatic N) is 3. The van der Waals surface area contributed by atoms with E-state index in [1.807, 2.05) is 49.9 Å². The molecule has 3 aromatic rings. The minimum Gasteiger partial charge on any atom is -0.338 e. The number of hydrogen-bond donors (Lipinski definition) is 0. The number of amides is 1. The molecule has 1 amide bonds. The predicted molar refractivity (Wildman–Crippen MR) is 81.1 cm³/mol. The lowest BCUT2D eigenvalue weighted by atomic mass is 10.2. The Morgan fingerprint density at radius 1 is 1.30 bits per heavy atom. The summed E-state index contributed by atoms with van der Waals surface area (Å²) in [5.74, 6) is -0.327. The summed E-state index contributed by atoms with van der Waals surface area (Å²) in [5, 5.41) is 3.21. The molecule has 4 nitrogen and oxygen atoms in total. The van der Waals surface area contributed by atoms with Crippen LogP contribution in [0.5, 0.6) is 0 Å². The van der Waals surface area contributed by atoms with Crippen molar-refractivity contribution in [2.75, 3.05) is 0 Å². The Hall–Kier alpha value is -1.85. The van der Waals surface area contributed by atoms with E-state index in [9.17, 15) is 4.79 Å². The summed E-state index contributed by atoms with van der Waals surface area (Å²) in [7, 11) is 3.68. The maximum Gasteiger partial charge on any atom is 0.297 e. The third-order valence-electron chi connectivity index (χ3n) is 3.20. The Labute approximate surface area is 124 Å². The molecule has 0 atom stereocenters. The molecule has 0 unspecified atom stereocenters. The van der Waals surface area contributed by atoms with Gasteiger partial charge in [-0.15, -0.1) is 11.3 Å². The molecule has 20 heavy (non-hydrogen) atoms. The van der Waals surface area contributed by atoms with Gasteiger partial charge >= 0.3 is 0 Å². The van der Waals surface area contributed by atoms with Crippen LogP contribution in [0, 0.1) is 0 Å². The number of carbonyl (C=O) groups excluding carboxylic acids is 1. The van der Waals surface area contributed by atoms with E-state index in [1.54, 1.807) is 9.13 Å². The van der Waals surface area contributed by atoms with Crippen molar-refractivity contribution in [3.05, 3.63) is 51.4 Å². The molecular weight excluding hydrogens is 294 g/mol. The first-order chi connectivity index (χ1) is 9.59. The highest BCUT2D eigenvalue weighted by Gasteiger charge is 2.19. The highest BCUT2D eigenvalue weighted by Crippen LogP contribution is 2.30. The number of hydrogen-bond acceptors (Lipinski definition) is 2. The molecule has 0 saturated heterocycles. The summed E-state index contributed by atoms with van der Waals surface area (Å²) in [4.78, 5) is 17.2. The quantitative estimate of drug-likeness (QED) is 0.681. The monoisotopic (exact) mass is 305 g/mol. The Balaban J connectivity index is 2.21. The van der Waals surface area contributed by atoms with Crippen LogP contribution in [-0.2, 0) is 14.1 Å². The van der Waals surface area contributed by atoms with Gasteiger partial charge in [0.05, 0.1) is 5.02 Å². The summed E-state index contributed by atoms with van der Waals surface area (Å²) in [6, 6.07) is 7.66. The van der Waals surface area contributed by atoms with Gasteiger partial charge < -0.3 is 9.13 Å². The zero-order valence-electron chi connectivity index (χ0n) is 11.0. The van der Waals surface area contributed by atoms with Crippen molar-refractivity contribution >= 4 is 39.7 Å². The van der Waals surface area contributed by atoms with Crippen LogP contribution in [0.25, 0.3) is 10.9 Å². The lowest BCUT2D eigenvalue weighted by molar-refractivity contribution is 0.0990.